The van der Waals surface area contributed by atoms with Gasteiger partial charge in [-0.3, -0.25) is 19.3 Å². The standard InChI is InChI=1S/C24H40N2O3/c1-23(2,3)18-11-12-25(15-18)21(28)17-9-7-16(8-10-17)14-26-20(27)13-19(22(26)29)24(4,5)6/h16-19H,7-15H2,1-6H3. The van der Waals surface area contributed by atoms with Gasteiger partial charge in [-0.25, -0.2) is 0 Å². The monoisotopic (exact) mass is 404 g/mol. The first-order chi connectivity index (χ1) is 13.4. The Morgan fingerprint density at radius 2 is 1.55 bits per heavy atom. The molecule has 2 atom stereocenters. The molecule has 0 aromatic rings. The fraction of sp³-hybridized carbons (Fsp3) is 0.875. The van der Waals surface area contributed by atoms with Crippen LogP contribution in [-0.4, -0.2) is 47.2 Å². The molecule has 5 heteroatoms. The molecule has 1 saturated carbocycles. The average molecular weight is 405 g/mol. The summed E-state index contributed by atoms with van der Waals surface area (Å²) in [6.45, 7) is 15.2. The number of carbonyl (C=O) groups excluding carboxylic acids is 3. The van der Waals surface area contributed by atoms with Crippen molar-refractivity contribution >= 4 is 17.7 Å². The molecule has 3 rings (SSSR count). The fourth-order valence-corrected chi connectivity index (χ4v) is 5.33. The second-order valence-corrected chi connectivity index (χ2v) is 11.8. The second kappa shape index (κ2) is 8.03. The van der Waals surface area contributed by atoms with Gasteiger partial charge in [-0.1, -0.05) is 41.5 Å². The first kappa shape index (κ1) is 22.3. The van der Waals surface area contributed by atoms with E-state index in [1.807, 2.05) is 20.8 Å². The van der Waals surface area contributed by atoms with Crippen LogP contribution in [0.15, 0.2) is 0 Å². The Morgan fingerprint density at radius 1 is 0.931 bits per heavy atom. The highest BCUT2D eigenvalue weighted by Crippen LogP contribution is 2.39. The van der Waals surface area contributed by atoms with Gasteiger partial charge in [0.05, 0.1) is 5.92 Å². The SMILES string of the molecule is CC(C)(C)C1CCN(C(=O)C2CCC(CN3C(=O)CC(C(C)(C)C)C3=O)CC2)C1. The number of amides is 3. The van der Waals surface area contributed by atoms with Crippen LogP contribution in [0.5, 0.6) is 0 Å². The first-order valence-corrected chi connectivity index (χ1v) is 11.5. The number of nitrogens with zero attached hydrogens (tertiary/aromatic N) is 2. The average Bonchev–Trinajstić information content (AvgIpc) is 3.22. The molecule has 1 aliphatic carbocycles. The molecule has 2 saturated heterocycles. The van der Waals surface area contributed by atoms with Crippen LogP contribution in [0.4, 0.5) is 0 Å². The molecule has 0 N–H and O–H groups in total. The highest BCUT2D eigenvalue weighted by Gasteiger charge is 2.45. The summed E-state index contributed by atoms with van der Waals surface area (Å²) in [5, 5.41) is 0. The summed E-state index contributed by atoms with van der Waals surface area (Å²) in [6, 6.07) is 0. The maximum Gasteiger partial charge on any atom is 0.233 e. The van der Waals surface area contributed by atoms with E-state index in [4.69, 9.17) is 0 Å². The lowest BCUT2D eigenvalue weighted by Gasteiger charge is -2.33. The van der Waals surface area contributed by atoms with Crippen molar-refractivity contribution in [3.63, 3.8) is 0 Å². The number of imide groups is 1. The molecular formula is C24H40N2O3. The largest absolute Gasteiger partial charge is 0.342 e. The predicted octanol–water partition coefficient (Wildman–Crippen LogP) is 4.11. The van der Waals surface area contributed by atoms with Crippen molar-refractivity contribution in [1.29, 1.82) is 0 Å². The van der Waals surface area contributed by atoms with Gasteiger partial charge in [-0.15, -0.1) is 0 Å². The van der Waals surface area contributed by atoms with Gasteiger partial charge in [0, 0.05) is 32.0 Å². The highest BCUT2D eigenvalue weighted by atomic mass is 16.2. The molecule has 0 aromatic carbocycles. The van der Waals surface area contributed by atoms with Gasteiger partial charge < -0.3 is 4.90 Å². The van der Waals surface area contributed by atoms with Crippen LogP contribution < -0.4 is 0 Å². The number of hydrogen-bond acceptors (Lipinski definition) is 3. The van der Waals surface area contributed by atoms with E-state index in [1.165, 1.54) is 4.90 Å². The van der Waals surface area contributed by atoms with Crippen LogP contribution >= 0.6 is 0 Å². The highest BCUT2D eigenvalue weighted by molar-refractivity contribution is 6.03. The van der Waals surface area contributed by atoms with Gasteiger partial charge in [0.25, 0.3) is 0 Å². The molecule has 3 fully saturated rings. The topological polar surface area (TPSA) is 57.7 Å². The molecule has 0 aromatic heterocycles. The van der Waals surface area contributed by atoms with Crippen molar-refractivity contribution in [2.45, 2.75) is 80.1 Å². The van der Waals surface area contributed by atoms with Crippen LogP contribution in [0, 0.1) is 34.5 Å². The zero-order valence-corrected chi connectivity index (χ0v) is 19.3. The van der Waals surface area contributed by atoms with E-state index in [-0.39, 0.29) is 34.5 Å². The molecule has 0 bridgehead atoms. The van der Waals surface area contributed by atoms with Crippen LogP contribution in [0.25, 0.3) is 0 Å². The van der Waals surface area contributed by atoms with E-state index in [1.54, 1.807) is 0 Å². The summed E-state index contributed by atoms with van der Waals surface area (Å²) >= 11 is 0. The Hall–Kier alpha value is -1.39. The summed E-state index contributed by atoms with van der Waals surface area (Å²) in [5.74, 6) is 1.18. The van der Waals surface area contributed by atoms with Gasteiger partial charge in [0.15, 0.2) is 0 Å². The van der Waals surface area contributed by atoms with Gasteiger partial charge >= 0.3 is 0 Å². The van der Waals surface area contributed by atoms with Crippen molar-refractivity contribution < 1.29 is 14.4 Å². The minimum Gasteiger partial charge on any atom is -0.342 e. The molecule has 3 amide bonds. The quantitative estimate of drug-likeness (QED) is 0.665. The molecule has 164 valence electrons. The Morgan fingerprint density at radius 3 is 2.03 bits per heavy atom. The van der Waals surface area contributed by atoms with E-state index in [9.17, 15) is 14.4 Å². The molecule has 5 nitrogen and oxygen atoms in total. The van der Waals surface area contributed by atoms with E-state index < -0.39 is 0 Å². The normalized spacial score (nSPS) is 31.7. The van der Waals surface area contributed by atoms with Crippen LogP contribution in [-0.2, 0) is 14.4 Å². The maximum absolute atomic E-state index is 13.0. The van der Waals surface area contributed by atoms with Gasteiger partial charge in [0.2, 0.25) is 17.7 Å². The van der Waals surface area contributed by atoms with Crippen molar-refractivity contribution in [1.82, 2.24) is 9.80 Å². The molecule has 0 radical (unpaired) electrons. The van der Waals surface area contributed by atoms with E-state index in [0.29, 0.717) is 30.7 Å². The maximum atomic E-state index is 13.0. The third-order valence-corrected chi connectivity index (χ3v) is 7.65. The van der Waals surface area contributed by atoms with Crippen molar-refractivity contribution in [2.75, 3.05) is 19.6 Å². The van der Waals surface area contributed by atoms with Crippen LogP contribution in [0.1, 0.15) is 80.1 Å². The summed E-state index contributed by atoms with van der Waals surface area (Å²) in [7, 11) is 0. The van der Waals surface area contributed by atoms with Crippen LogP contribution in [0.2, 0.25) is 0 Å². The lowest BCUT2D eigenvalue weighted by atomic mass is 9.79. The molecule has 29 heavy (non-hydrogen) atoms. The van der Waals surface area contributed by atoms with Gasteiger partial charge in [-0.05, 0) is 54.8 Å². The van der Waals surface area contributed by atoms with Crippen molar-refractivity contribution in [3.05, 3.63) is 0 Å². The van der Waals surface area contributed by atoms with Crippen molar-refractivity contribution in [2.24, 2.45) is 34.5 Å². The minimum absolute atomic E-state index is 0.00555. The van der Waals surface area contributed by atoms with Crippen LogP contribution in [0.3, 0.4) is 0 Å². The summed E-state index contributed by atoms with van der Waals surface area (Å²) < 4.78 is 0. The number of hydrogen-bond donors (Lipinski definition) is 0. The van der Waals surface area contributed by atoms with Gasteiger partial charge in [-0.2, -0.15) is 0 Å². The minimum atomic E-state index is -0.196. The predicted molar refractivity (Wildman–Crippen MR) is 114 cm³/mol. The number of likely N-dealkylation sites (tertiary alicyclic amines) is 2. The Labute approximate surface area is 176 Å². The Kier molecular flexibility index (Phi) is 6.18. The van der Waals surface area contributed by atoms with E-state index >= 15 is 0 Å². The van der Waals surface area contributed by atoms with Gasteiger partial charge in [0.1, 0.15) is 0 Å². The zero-order valence-electron chi connectivity index (χ0n) is 19.3. The summed E-state index contributed by atoms with van der Waals surface area (Å²) in [6.07, 6.45) is 5.10. The third-order valence-electron chi connectivity index (χ3n) is 7.65. The second-order valence-electron chi connectivity index (χ2n) is 11.8. The number of rotatable bonds is 3. The molecular weight excluding hydrogens is 364 g/mol. The van der Waals surface area contributed by atoms with E-state index in [2.05, 4.69) is 25.7 Å². The van der Waals surface area contributed by atoms with E-state index in [0.717, 1.165) is 45.2 Å². The molecule has 2 unspecified atom stereocenters. The zero-order chi connectivity index (χ0) is 21.6. The smallest absolute Gasteiger partial charge is 0.233 e. The Balaban J connectivity index is 1.49. The Bertz CT molecular complexity index is 650. The van der Waals surface area contributed by atoms with Crippen molar-refractivity contribution in [3.8, 4) is 0 Å². The lowest BCUT2D eigenvalue weighted by Crippen LogP contribution is -2.40. The molecule has 2 heterocycles. The first-order valence-electron chi connectivity index (χ1n) is 11.5. The molecule has 3 aliphatic rings. The lowest BCUT2D eigenvalue weighted by molar-refractivity contribution is -0.142. The third kappa shape index (κ3) is 4.86. The molecule has 0 spiro atoms. The fourth-order valence-electron chi connectivity index (χ4n) is 5.33. The molecule has 2 aliphatic heterocycles. The summed E-state index contributed by atoms with van der Waals surface area (Å²) in [4.78, 5) is 41.7. The number of carbonyl (C=O) groups is 3. The summed E-state index contributed by atoms with van der Waals surface area (Å²) in [5.41, 5.74) is 0.0820.